The normalized spacial score (nSPS) is 48.9. The number of Topliss-reactive ketones (excluding diaryl/α,β-unsaturated/α-hetero) is 1. The highest BCUT2D eigenvalue weighted by molar-refractivity contribution is 6.04. The minimum absolute atomic E-state index is 0.0363. The Kier molecular flexibility index (Phi) is 4.77. The minimum atomic E-state index is -0.601. The number of carbonyl (C=O) groups excluding carboxylic acids is 2. The molecule has 0 amide bonds. The van der Waals surface area contributed by atoms with Crippen molar-refractivity contribution < 1.29 is 9.59 Å². The third-order valence-corrected chi connectivity index (χ3v) is 12.3. The molecular weight excluding hydrogens is 418 g/mol. The summed E-state index contributed by atoms with van der Waals surface area (Å²) in [6, 6.07) is 2.20. The highest BCUT2D eigenvalue weighted by Gasteiger charge is 2.69. The van der Waals surface area contributed by atoms with Crippen LogP contribution in [0.2, 0.25) is 0 Å². The number of hydrogen-bond acceptors (Lipinski definition) is 3. The van der Waals surface area contributed by atoms with Crippen molar-refractivity contribution in [2.75, 3.05) is 0 Å². The van der Waals surface area contributed by atoms with Crippen molar-refractivity contribution in [3.63, 3.8) is 0 Å². The van der Waals surface area contributed by atoms with Gasteiger partial charge in [-0.2, -0.15) is 5.26 Å². The molecule has 0 aliphatic heterocycles. The molecule has 2 unspecified atom stereocenters. The van der Waals surface area contributed by atoms with E-state index < -0.39 is 10.8 Å². The first-order valence-electron chi connectivity index (χ1n) is 13.5. The Hall–Kier alpha value is -1.69. The fourth-order valence-electron chi connectivity index (χ4n) is 9.89. The van der Waals surface area contributed by atoms with Gasteiger partial charge in [0.15, 0.2) is 11.6 Å². The van der Waals surface area contributed by atoms with E-state index >= 15 is 0 Å². The average Bonchev–Trinajstić information content (AvgIpc) is 2.74. The third kappa shape index (κ3) is 2.75. The molecule has 3 saturated carbocycles. The van der Waals surface area contributed by atoms with E-state index in [2.05, 4.69) is 47.6 Å². The van der Waals surface area contributed by atoms with Gasteiger partial charge >= 0.3 is 0 Å². The molecule has 0 radical (unpaired) electrons. The second kappa shape index (κ2) is 6.74. The second-order valence-corrected chi connectivity index (χ2v) is 14.9. The summed E-state index contributed by atoms with van der Waals surface area (Å²) in [7, 11) is 0. The molecule has 5 aliphatic carbocycles. The Morgan fingerprint density at radius 3 is 2.21 bits per heavy atom. The van der Waals surface area contributed by atoms with Gasteiger partial charge in [-0.05, 0) is 84.5 Å². The molecular formula is C31H43NO2. The van der Waals surface area contributed by atoms with Crippen molar-refractivity contribution in [3.05, 3.63) is 23.3 Å². The summed E-state index contributed by atoms with van der Waals surface area (Å²) >= 11 is 0. The van der Waals surface area contributed by atoms with Crippen LogP contribution in [0.15, 0.2) is 23.3 Å². The summed E-state index contributed by atoms with van der Waals surface area (Å²) in [5, 5.41) is 9.83. The van der Waals surface area contributed by atoms with Crippen LogP contribution in [0.4, 0.5) is 0 Å². The minimum Gasteiger partial charge on any atom is -0.295 e. The van der Waals surface area contributed by atoms with Crippen LogP contribution in [0.3, 0.4) is 0 Å². The Bertz CT molecular complexity index is 1090. The third-order valence-electron chi connectivity index (χ3n) is 12.3. The molecule has 184 valence electrons. The largest absolute Gasteiger partial charge is 0.295 e. The maximum absolute atomic E-state index is 14.2. The highest BCUT2D eigenvalue weighted by atomic mass is 16.1. The number of nitrogens with zero attached hydrogens (tertiary/aromatic N) is 1. The van der Waals surface area contributed by atoms with Crippen molar-refractivity contribution in [1.82, 2.24) is 0 Å². The zero-order valence-corrected chi connectivity index (χ0v) is 22.6. The molecule has 0 aromatic carbocycles. The summed E-state index contributed by atoms with van der Waals surface area (Å²) in [4.78, 5) is 27.4. The second-order valence-electron chi connectivity index (χ2n) is 14.9. The van der Waals surface area contributed by atoms with Gasteiger partial charge < -0.3 is 0 Å². The predicted molar refractivity (Wildman–Crippen MR) is 135 cm³/mol. The molecule has 0 heterocycles. The number of allylic oxidation sites excluding steroid dienone is 4. The van der Waals surface area contributed by atoms with Gasteiger partial charge in [-0.25, -0.2) is 0 Å². The van der Waals surface area contributed by atoms with E-state index in [1.54, 1.807) is 0 Å². The molecule has 3 fully saturated rings. The van der Waals surface area contributed by atoms with Crippen molar-refractivity contribution in [1.29, 1.82) is 5.26 Å². The molecule has 0 N–H and O–H groups in total. The topological polar surface area (TPSA) is 57.9 Å². The lowest BCUT2D eigenvalue weighted by atomic mass is 9.34. The monoisotopic (exact) mass is 461 g/mol. The fourth-order valence-corrected chi connectivity index (χ4v) is 9.89. The number of rotatable bonds is 0. The lowest BCUT2D eigenvalue weighted by molar-refractivity contribution is -0.168. The molecule has 0 aromatic heterocycles. The average molecular weight is 462 g/mol. The Labute approximate surface area is 206 Å². The van der Waals surface area contributed by atoms with Gasteiger partial charge in [-0.15, -0.1) is 0 Å². The maximum Gasteiger partial charge on any atom is 0.178 e. The number of hydrogen-bond donors (Lipinski definition) is 0. The van der Waals surface area contributed by atoms with Crippen molar-refractivity contribution in [2.24, 2.45) is 50.2 Å². The van der Waals surface area contributed by atoms with Crippen molar-refractivity contribution >= 4 is 11.6 Å². The van der Waals surface area contributed by atoms with Crippen LogP contribution < -0.4 is 0 Å². The number of nitriles is 1. The first kappa shape index (κ1) is 24.0. The smallest absolute Gasteiger partial charge is 0.178 e. The molecule has 0 bridgehead atoms. The van der Waals surface area contributed by atoms with Gasteiger partial charge in [0.1, 0.15) is 6.07 Å². The number of ketones is 2. The van der Waals surface area contributed by atoms with Gasteiger partial charge in [0, 0.05) is 16.7 Å². The van der Waals surface area contributed by atoms with Crippen LogP contribution >= 0.6 is 0 Å². The van der Waals surface area contributed by atoms with Crippen LogP contribution in [-0.2, 0) is 9.59 Å². The molecule has 0 saturated heterocycles. The summed E-state index contributed by atoms with van der Waals surface area (Å²) in [6.45, 7) is 18.3. The summed E-state index contributed by atoms with van der Waals surface area (Å²) in [5.74, 6) is 0.881. The predicted octanol–water partition coefficient (Wildman–Crippen LogP) is 7.23. The van der Waals surface area contributed by atoms with Gasteiger partial charge in [0.05, 0.1) is 5.57 Å². The Balaban J connectivity index is 1.69. The molecule has 3 nitrogen and oxygen atoms in total. The van der Waals surface area contributed by atoms with Gasteiger partial charge in [0.2, 0.25) is 0 Å². The van der Waals surface area contributed by atoms with Crippen LogP contribution in [0.1, 0.15) is 100 Å². The zero-order valence-electron chi connectivity index (χ0n) is 22.6. The first-order valence-corrected chi connectivity index (χ1v) is 13.5. The first-order chi connectivity index (χ1) is 15.6. The van der Waals surface area contributed by atoms with E-state index in [9.17, 15) is 14.9 Å². The quantitative estimate of drug-likeness (QED) is 0.382. The molecule has 0 aromatic rings. The lowest BCUT2D eigenvalue weighted by Gasteiger charge is -2.69. The van der Waals surface area contributed by atoms with E-state index in [1.807, 2.05) is 26.0 Å². The van der Waals surface area contributed by atoms with Crippen LogP contribution in [0, 0.1) is 61.6 Å². The SMILES string of the molecule is CC1(C)CC[C@]2(C)CC[C@]3(C)[C@H](C(=O)C=C4[C@@]5(C)C=C(C#N)C(=O)C(C)(C)C5CC[C@]43C)C2C1. The molecule has 0 spiro atoms. The van der Waals surface area contributed by atoms with Gasteiger partial charge in [-0.3, -0.25) is 9.59 Å². The zero-order chi connectivity index (χ0) is 25.1. The van der Waals surface area contributed by atoms with E-state index in [4.69, 9.17) is 0 Å². The Morgan fingerprint density at radius 1 is 0.912 bits per heavy atom. The van der Waals surface area contributed by atoms with Gasteiger partial charge in [-0.1, -0.05) is 67.0 Å². The van der Waals surface area contributed by atoms with E-state index in [-0.39, 0.29) is 44.9 Å². The van der Waals surface area contributed by atoms with E-state index in [0.29, 0.717) is 11.7 Å². The molecule has 5 rings (SSSR count). The molecule has 3 heteroatoms. The summed E-state index contributed by atoms with van der Waals surface area (Å²) in [6.07, 6.45) is 11.8. The number of fused-ring (bicyclic) bond motifs is 7. The highest BCUT2D eigenvalue weighted by Crippen LogP contribution is 2.74. The van der Waals surface area contributed by atoms with E-state index in [0.717, 1.165) is 25.7 Å². The van der Waals surface area contributed by atoms with Crippen LogP contribution in [0.5, 0.6) is 0 Å². The summed E-state index contributed by atoms with van der Waals surface area (Å²) < 4.78 is 0. The lowest BCUT2D eigenvalue weighted by Crippen LogP contribution is -2.64. The van der Waals surface area contributed by atoms with Crippen molar-refractivity contribution in [3.8, 4) is 6.07 Å². The molecule has 34 heavy (non-hydrogen) atoms. The molecule has 7 atom stereocenters. The van der Waals surface area contributed by atoms with Crippen molar-refractivity contribution in [2.45, 2.75) is 100 Å². The molecule has 5 aliphatic rings. The summed E-state index contributed by atoms with van der Waals surface area (Å²) in [5.41, 5.74) is 0.785. The number of carbonyl (C=O) groups is 2. The van der Waals surface area contributed by atoms with Crippen LogP contribution in [0.25, 0.3) is 0 Å². The maximum atomic E-state index is 14.2. The van der Waals surface area contributed by atoms with Crippen LogP contribution in [-0.4, -0.2) is 11.6 Å². The standard InChI is InChI=1S/C31H43NO2/c1-26(2)11-12-28(5)13-14-31(8)24(20(28)17-26)21(33)15-23-29(6)16-19(18-32)25(34)27(3,4)22(29)9-10-30(23,31)7/h15-16,20,22,24H,9-14,17H2,1-8H3/t20?,22?,24-,28+,29-,30+,31+/m0/s1. The van der Waals surface area contributed by atoms with Gasteiger partial charge in [0.25, 0.3) is 0 Å². The Morgan fingerprint density at radius 2 is 1.56 bits per heavy atom. The fraction of sp³-hybridized carbons (Fsp3) is 0.774. The van der Waals surface area contributed by atoms with E-state index in [1.165, 1.54) is 24.8 Å².